The molecule has 0 atom stereocenters. The lowest BCUT2D eigenvalue weighted by Gasteiger charge is -2.21. The van der Waals surface area contributed by atoms with E-state index in [9.17, 15) is 5.11 Å². The van der Waals surface area contributed by atoms with Gasteiger partial charge < -0.3 is 10.8 Å². The molecule has 16 heavy (non-hydrogen) atoms. The predicted octanol–water partition coefficient (Wildman–Crippen LogP) is 3.22. The number of halogens is 2. The zero-order valence-corrected chi connectivity index (χ0v) is 12.9. The fourth-order valence-electron chi connectivity index (χ4n) is 1.44. The SMILES string of the molecule is CC(C)(C)c1cc(I)c(O)c(CCN)c1.Cl. The molecule has 0 aliphatic heterocycles. The van der Waals surface area contributed by atoms with Gasteiger partial charge in [0.1, 0.15) is 5.75 Å². The quantitative estimate of drug-likeness (QED) is 0.800. The minimum atomic E-state index is 0. The van der Waals surface area contributed by atoms with Crippen LogP contribution in [-0.4, -0.2) is 11.7 Å². The second-order valence-corrected chi connectivity index (χ2v) is 5.92. The Hall–Kier alpha value is -0.0000000000000000555. The number of nitrogens with two attached hydrogens (primary N) is 1. The fourth-order valence-corrected chi connectivity index (χ4v) is 2.12. The molecule has 0 aliphatic rings. The molecule has 0 saturated heterocycles. The van der Waals surface area contributed by atoms with Gasteiger partial charge in [0.2, 0.25) is 0 Å². The van der Waals surface area contributed by atoms with Crippen LogP contribution < -0.4 is 5.73 Å². The van der Waals surface area contributed by atoms with Crippen molar-refractivity contribution in [2.24, 2.45) is 5.73 Å². The largest absolute Gasteiger partial charge is 0.507 e. The summed E-state index contributed by atoms with van der Waals surface area (Å²) in [5.41, 5.74) is 7.83. The van der Waals surface area contributed by atoms with Crippen molar-refractivity contribution in [1.29, 1.82) is 0 Å². The van der Waals surface area contributed by atoms with Crippen molar-refractivity contribution < 1.29 is 5.11 Å². The Kier molecular flexibility index (Phi) is 6.07. The van der Waals surface area contributed by atoms with Crippen LogP contribution in [0.1, 0.15) is 31.9 Å². The predicted molar refractivity (Wildman–Crippen MR) is 79.5 cm³/mol. The molecule has 0 bridgehead atoms. The van der Waals surface area contributed by atoms with Gasteiger partial charge in [-0.2, -0.15) is 0 Å². The van der Waals surface area contributed by atoms with Crippen molar-refractivity contribution in [3.63, 3.8) is 0 Å². The summed E-state index contributed by atoms with van der Waals surface area (Å²) in [6.45, 7) is 7.07. The molecule has 2 nitrogen and oxygen atoms in total. The lowest BCUT2D eigenvalue weighted by molar-refractivity contribution is 0.462. The highest BCUT2D eigenvalue weighted by Crippen LogP contribution is 2.31. The summed E-state index contributed by atoms with van der Waals surface area (Å²) >= 11 is 2.16. The number of phenolic OH excluding ortho intramolecular Hbond substituents is 1. The molecule has 3 N–H and O–H groups in total. The molecule has 0 aliphatic carbocycles. The normalized spacial score (nSPS) is 11.1. The molecule has 1 aromatic rings. The third kappa shape index (κ3) is 3.79. The second kappa shape index (κ2) is 6.07. The van der Waals surface area contributed by atoms with Gasteiger partial charge in [0.15, 0.2) is 0 Å². The summed E-state index contributed by atoms with van der Waals surface area (Å²) < 4.78 is 0.906. The molecule has 1 aromatic carbocycles. The van der Waals surface area contributed by atoms with Crippen LogP contribution in [0.3, 0.4) is 0 Å². The zero-order chi connectivity index (χ0) is 11.6. The Labute approximate surface area is 117 Å². The van der Waals surface area contributed by atoms with E-state index in [0.29, 0.717) is 12.3 Å². The van der Waals surface area contributed by atoms with E-state index in [-0.39, 0.29) is 17.8 Å². The van der Waals surface area contributed by atoms with Gasteiger partial charge in [0, 0.05) is 0 Å². The van der Waals surface area contributed by atoms with E-state index in [1.54, 1.807) is 0 Å². The number of hydrogen-bond donors (Lipinski definition) is 2. The summed E-state index contributed by atoms with van der Waals surface area (Å²) in [6, 6.07) is 4.10. The molecule has 0 spiro atoms. The molecular formula is C12H19ClINO. The van der Waals surface area contributed by atoms with Gasteiger partial charge >= 0.3 is 0 Å². The maximum absolute atomic E-state index is 9.86. The van der Waals surface area contributed by atoms with Crippen molar-refractivity contribution >= 4 is 35.0 Å². The Morgan fingerprint density at radius 2 is 1.88 bits per heavy atom. The first-order chi connectivity index (χ1) is 6.86. The topological polar surface area (TPSA) is 46.2 Å². The van der Waals surface area contributed by atoms with Crippen molar-refractivity contribution in [2.75, 3.05) is 6.54 Å². The summed E-state index contributed by atoms with van der Waals surface area (Å²) in [5, 5.41) is 9.86. The standard InChI is InChI=1S/C12H18INO.ClH/c1-12(2,3)9-6-8(4-5-14)11(15)10(13)7-9;/h6-7,15H,4-5,14H2,1-3H3;1H. The van der Waals surface area contributed by atoms with Crippen molar-refractivity contribution in [2.45, 2.75) is 32.6 Å². The molecule has 0 heterocycles. The maximum atomic E-state index is 9.86. The molecule has 1 rings (SSSR count). The highest BCUT2D eigenvalue weighted by molar-refractivity contribution is 14.1. The van der Waals surface area contributed by atoms with E-state index in [0.717, 1.165) is 15.6 Å². The fraction of sp³-hybridized carbons (Fsp3) is 0.500. The second-order valence-electron chi connectivity index (χ2n) is 4.75. The molecule has 92 valence electrons. The highest BCUT2D eigenvalue weighted by Gasteiger charge is 2.17. The van der Waals surface area contributed by atoms with Gasteiger partial charge in [-0.05, 0) is 58.2 Å². The Balaban J connectivity index is 0.00000225. The van der Waals surface area contributed by atoms with E-state index in [1.807, 2.05) is 6.07 Å². The van der Waals surface area contributed by atoms with Crippen LogP contribution in [0, 0.1) is 3.57 Å². The van der Waals surface area contributed by atoms with Crippen molar-refractivity contribution in [3.8, 4) is 5.75 Å². The molecular weight excluding hydrogens is 336 g/mol. The number of rotatable bonds is 2. The minimum Gasteiger partial charge on any atom is -0.507 e. The monoisotopic (exact) mass is 355 g/mol. The summed E-state index contributed by atoms with van der Waals surface area (Å²) in [4.78, 5) is 0. The Morgan fingerprint density at radius 3 is 2.31 bits per heavy atom. The summed E-state index contributed by atoms with van der Waals surface area (Å²) in [6.07, 6.45) is 0.728. The van der Waals surface area contributed by atoms with Crippen LogP contribution in [0.15, 0.2) is 12.1 Å². The summed E-state index contributed by atoms with van der Waals surface area (Å²) in [7, 11) is 0. The van der Waals surface area contributed by atoms with Crippen LogP contribution in [0.2, 0.25) is 0 Å². The van der Waals surface area contributed by atoms with Gasteiger partial charge in [0.25, 0.3) is 0 Å². The molecule has 0 radical (unpaired) electrons. The van der Waals surface area contributed by atoms with Gasteiger partial charge in [-0.25, -0.2) is 0 Å². The third-order valence-electron chi connectivity index (χ3n) is 2.42. The van der Waals surface area contributed by atoms with E-state index in [2.05, 4.69) is 49.4 Å². The number of hydrogen-bond acceptors (Lipinski definition) is 2. The molecule has 0 fully saturated rings. The van der Waals surface area contributed by atoms with E-state index >= 15 is 0 Å². The van der Waals surface area contributed by atoms with Gasteiger partial charge in [-0.3, -0.25) is 0 Å². The smallest absolute Gasteiger partial charge is 0.132 e. The van der Waals surface area contributed by atoms with Gasteiger partial charge in [-0.15, -0.1) is 12.4 Å². The Bertz CT molecular complexity index is 361. The molecule has 0 amide bonds. The average molecular weight is 356 g/mol. The first-order valence-corrected chi connectivity index (χ1v) is 6.16. The zero-order valence-electron chi connectivity index (χ0n) is 9.88. The van der Waals surface area contributed by atoms with Crippen LogP contribution in [0.5, 0.6) is 5.75 Å². The van der Waals surface area contributed by atoms with Crippen molar-refractivity contribution in [1.82, 2.24) is 0 Å². The van der Waals surface area contributed by atoms with Crippen LogP contribution in [0.4, 0.5) is 0 Å². The molecule has 4 heteroatoms. The molecule has 0 aromatic heterocycles. The minimum absolute atomic E-state index is 0. The first-order valence-electron chi connectivity index (χ1n) is 5.08. The lowest BCUT2D eigenvalue weighted by atomic mass is 9.85. The van der Waals surface area contributed by atoms with Crippen LogP contribution >= 0.6 is 35.0 Å². The molecule has 0 unspecified atom stereocenters. The summed E-state index contributed by atoms with van der Waals surface area (Å²) in [5.74, 6) is 0.383. The lowest BCUT2D eigenvalue weighted by Crippen LogP contribution is -2.13. The number of aromatic hydroxyl groups is 1. The molecule has 0 saturated carbocycles. The third-order valence-corrected chi connectivity index (χ3v) is 3.24. The van der Waals surface area contributed by atoms with Crippen LogP contribution in [0.25, 0.3) is 0 Å². The van der Waals surface area contributed by atoms with E-state index < -0.39 is 0 Å². The van der Waals surface area contributed by atoms with E-state index in [1.165, 1.54) is 5.56 Å². The van der Waals surface area contributed by atoms with Crippen molar-refractivity contribution in [3.05, 3.63) is 26.8 Å². The number of phenols is 1. The van der Waals surface area contributed by atoms with Crippen LogP contribution in [-0.2, 0) is 11.8 Å². The average Bonchev–Trinajstić information content (AvgIpc) is 2.11. The number of benzene rings is 1. The Morgan fingerprint density at radius 1 is 1.31 bits per heavy atom. The maximum Gasteiger partial charge on any atom is 0.132 e. The van der Waals surface area contributed by atoms with E-state index in [4.69, 9.17) is 5.73 Å². The van der Waals surface area contributed by atoms with Gasteiger partial charge in [-0.1, -0.05) is 26.8 Å². The van der Waals surface area contributed by atoms with Gasteiger partial charge in [0.05, 0.1) is 3.57 Å². The highest BCUT2D eigenvalue weighted by atomic mass is 127. The first kappa shape index (κ1) is 16.0.